The second-order valence-corrected chi connectivity index (χ2v) is 9.62. The van der Waals surface area contributed by atoms with Crippen LogP contribution >= 0.6 is 12.2 Å². The molecule has 0 fully saturated rings. The molecule has 0 aromatic carbocycles. The minimum absolute atomic E-state index is 0. The van der Waals surface area contributed by atoms with Crippen molar-refractivity contribution in [3.8, 4) is 34.2 Å². The molecule has 14 heteroatoms. The number of isothiocyanates is 1. The predicted molar refractivity (Wildman–Crippen MR) is 173 cm³/mol. The summed E-state index contributed by atoms with van der Waals surface area (Å²) in [6, 6.07) is 18.5. The normalized spacial score (nSPS) is 10.5. The largest absolute Gasteiger partial charge is 2.00 e. The molecule has 0 radical (unpaired) electrons. The molecule has 0 saturated heterocycles. The SMILES string of the molecule is CCCCC/C=C/c1ccnc(-c2cc(C(F)(F)F)n[n-]2)c1.O=C(O)c1ccnc(-c2cccc(-c3ccccn3)n2)c1.[N-]=C=S.[Ru+2]. The van der Waals surface area contributed by atoms with Gasteiger partial charge in [0.15, 0.2) is 0 Å². The zero-order valence-electron chi connectivity index (χ0n) is 24.9. The molecule has 5 aromatic rings. The molecule has 0 aliphatic carbocycles. The predicted octanol–water partition coefficient (Wildman–Crippen LogP) is 8.27. The number of rotatable bonds is 9. The van der Waals surface area contributed by atoms with E-state index in [1.54, 1.807) is 30.6 Å². The maximum atomic E-state index is 12.5. The molecule has 242 valence electrons. The van der Waals surface area contributed by atoms with Crippen molar-refractivity contribution in [2.45, 2.75) is 38.8 Å². The fourth-order valence-corrected chi connectivity index (χ4v) is 3.92. The zero-order valence-corrected chi connectivity index (χ0v) is 27.5. The van der Waals surface area contributed by atoms with Gasteiger partial charge < -0.3 is 20.7 Å². The van der Waals surface area contributed by atoms with E-state index in [0.29, 0.717) is 17.1 Å². The molecular weight excluding hydrogens is 717 g/mol. The van der Waals surface area contributed by atoms with Crippen LogP contribution in [0, 0.1) is 0 Å². The number of nitrogens with zero attached hydrogens (tertiary/aromatic N) is 7. The smallest absolute Gasteiger partial charge is 0.753 e. The Labute approximate surface area is 287 Å². The molecule has 0 saturated carbocycles. The van der Waals surface area contributed by atoms with E-state index in [9.17, 15) is 18.0 Å². The first-order valence-electron chi connectivity index (χ1n) is 14.0. The average Bonchev–Trinajstić information content (AvgIpc) is 3.58. The Morgan fingerprint density at radius 1 is 0.915 bits per heavy atom. The second kappa shape index (κ2) is 19.7. The summed E-state index contributed by atoms with van der Waals surface area (Å²) >= 11 is 3.70. The Balaban J connectivity index is 0.000000296. The summed E-state index contributed by atoms with van der Waals surface area (Å²) in [6.07, 6.45) is 8.73. The van der Waals surface area contributed by atoms with E-state index in [1.165, 1.54) is 36.3 Å². The van der Waals surface area contributed by atoms with Crippen molar-refractivity contribution >= 4 is 29.4 Å². The van der Waals surface area contributed by atoms with Gasteiger partial charge in [-0.1, -0.05) is 62.0 Å². The van der Waals surface area contributed by atoms with E-state index < -0.39 is 17.8 Å². The summed E-state index contributed by atoms with van der Waals surface area (Å²) in [5.74, 6) is -0.987. The van der Waals surface area contributed by atoms with Crippen LogP contribution in [0.2, 0.25) is 0 Å². The number of carboxylic acid groups (broad SMARTS) is 1. The molecule has 5 aromatic heterocycles. The van der Waals surface area contributed by atoms with E-state index in [-0.39, 0.29) is 30.7 Å². The maximum absolute atomic E-state index is 12.5. The van der Waals surface area contributed by atoms with Crippen molar-refractivity contribution in [3.63, 3.8) is 0 Å². The Morgan fingerprint density at radius 3 is 2.21 bits per heavy atom. The Morgan fingerprint density at radius 2 is 1.57 bits per heavy atom. The van der Waals surface area contributed by atoms with E-state index in [2.05, 4.69) is 55.4 Å². The first kappa shape index (κ1) is 38.4. The van der Waals surface area contributed by atoms with Gasteiger partial charge in [0.1, 0.15) is 5.69 Å². The van der Waals surface area contributed by atoms with Crippen molar-refractivity contribution in [1.29, 1.82) is 0 Å². The fraction of sp³-hybridized carbons (Fsp3) is 0.182. The number of hydrogen-bond acceptors (Lipinski definition) is 7. The number of thiocarbonyl (C=S) groups is 1. The fourth-order valence-electron chi connectivity index (χ4n) is 3.92. The van der Waals surface area contributed by atoms with Crippen LogP contribution in [0.5, 0.6) is 0 Å². The van der Waals surface area contributed by atoms with Crippen molar-refractivity contribution in [3.05, 3.63) is 114 Å². The van der Waals surface area contributed by atoms with Gasteiger partial charge in [-0.05, 0) is 73.0 Å². The molecule has 0 atom stereocenters. The maximum Gasteiger partial charge on any atom is 2.00 e. The number of carboxylic acids is 1. The third kappa shape index (κ3) is 12.5. The topological polar surface area (TPSA) is 138 Å². The third-order valence-electron chi connectivity index (χ3n) is 6.11. The van der Waals surface area contributed by atoms with Gasteiger partial charge in [0.2, 0.25) is 0 Å². The molecular formula is C33H28F3N7O2RuS. The Kier molecular flexibility index (Phi) is 16.1. The van der Waals surface area contributed by atoms with Crippen molar-refractivity contribution < 1.29 is 42.6 Å². The number of allylic oxidation sites excluding steroid dienone is 1. The van der Waals surface area contributed by atoms with Gasteiger partial charge in [0.25, 0.3) is 0 Å². The summed E-state index contributed by atoms with van der Waals surface area (Å²) < 4.78 is 37.6. The average molecular weight is 745 g/mol. The van der Waals surface area contributed by atoms with Gasteiger partial charge in [-0.3, -0.25) is 15.0 Å². The Bertz CT molecular complexity index is 1780. The zero-order chi connectivity index (χ0) is 33.4. The van der Waals surface area contributed by atoms with Gasteiger partial charge in [0.05, 0.1) is 28.3 Å². The Hall–Kier alpha value is -4.77. The van der Waals surface area contributed by atoms with Gasteiger partial charge in [-0.2, -0.15) is 18.3 Å². The monoisotopic (exact) mass is 745 g/mol. The molecule has 9 nitrogen and oxygen atoms in total. The summed E-state index contributed by atoms with van der Waals surface area (Å²) in [6.45, 7) is 2.15. The molecule has 47 heavy (non-hydrogen) atoms. The molecule has 5 rings (SSSR count). The number of aromatic carboxylic acids is 1. The van der Waals surface area contributed by atoms with Crippen LogP contribution < -0.4 is 5.10 Å². The van der Waals surface area contributed by atoms with Crippen molar-refractivity contribution in [1.82, 2.24) is 30.1 Å². The number of carbonyl (C=O) groups is 1. The number of halogens is 3. The van der Waals surface area contributed by atoms with Crippen LogP contribution in [-0.2, 0) is 25.7 Å². The molecule has 0 aliphatic heterocycles. The van der Waals surface area contributed by atoms with Crippen LogP contribution in [0.15, 0.2) is 91.4 Å². The van der Waals surface area contributed by atoms with Crippen LogP contribution in [0.25, 0.3) is 45.6 Å². The standard InChI is InChI=1S/C16H17F3N3.C16H11N3O2.CNS.Ru/c1-2-3-4-5-6-7-12-8-9-20-13(10-12)14-11-15(22-21-14)16(17,18)19;20-16(21)11-7-9-18-15(10-11)14-6-3-5-13(19-14)12-4-1-2-8-17-12;2-1-3;/h6-11H,2-5H2,1H3;1-10H,(H,20,21);;/q-1;;-1;+2/b7-6+;;;. The molecule has 0 bridgehead atoms. The first-order valence-corrected chi connectivity index (χ1v) is 14.4. The quantitative estimate of drug-likeness (QED) is 0.0684. The van der Waals surface area contributed by atoms with E-state index >= 15 is 0 Å². The van der Waals surface area contributed by atoms with E-state index in [1.807, 2.05) is 36.4 Å². The molecule has 0 aliphatic rings. The van der Waals surface area contributed by atoms with E-state index in [4.69, 9.17) is 10.5 Å². The third-order valence-corrected chi connectivity index (χ3v) is 6.11. The minimum atomic E-state index is -4.48. The number of alkyl halides is 3. The van der Waals surface area contributed by atoms with Crippen molar-refractivity contribution in [2.75, 3.05) is 0 Å². The number of unbranched alkanes of at least 4 members (excludes halogenated alkanes) is 3. The van der Waals surface area contributed by atoms with Gasteiger partial charge in [-0.25, -0.2) is 9.78 Å². The number of aromatic nitrogens is 6. The second-order valence-electron chi connectivity index (χ2n) is 9.43. The molecule has 5 heterocycles. The van der Waals surface area contributed by atoms with Crippen molar-refractivity contribution in [2.24, 2.45) is 0 Å². The minimum Gasteiger partial charge on any atom is -0.753 e. The van der Waals surface area contributed by atoms with Crippen LogP contribution in [0.1, 0.15) is 54.2 Å². The molecule has 0 amide bonds. The van der Waals surface area contributed by atoms with Gasteiger partial charge >= 0.3 is 31.6 Å². The first-order chi connectivity index (χ1) is 22.2. The molecule has 0 unspecified atom stereocenters. The van der Waals surface area contributed by atoms with Gasteiger partial charge in [0, 0.05) is 24.3 Å². The number of pyridine rings is 4. The van der Waals surface area contributed by atoms with E-state index in [0.717, 1.165) is 35.9 Å². The summed E-state index contributed by atoms with van der Waals surface area (Å²) in [5.41, 5.74) is 3.21. The molecule has 0 spiro atoms. The van der Waals surface area contributed by atoms with Gasteiger partial charge in [-0.15, -0.1) is 0 Å². The number of hydrogen-bond donors (Lipinski definition) is 1. The van der Waals surface area contributed by atoms with Crippen LogP contribution in [0.3, 0.4) is 0 Å². The van der Waals surface area contributed by atoms with Crippen LogP contribution in [-0.4, -0.2) is 41.3 Å². The molecule has 1 N–H and O–H groups in total. The van der Waals surface area contributed by atoms with Crippen LogP contribution in [0.4, 0.5) is 13.2 Å². The summed E-state index contributed by atoms with van der Waals surface area (Å²) in [7, 11) is 0. The summed E-state index contributed by atoms with van der Waals surface area (Å²) in [4.78, 5) is 28.0. The summed E-state index contributed by atoms with van der Waals surface area (Å²) in [5, 5.41) is 24.2.